The number of allylic oxidation sites excluding steroid dienone is 3. The van der Waals surface area contributed by atoms with Crippen molar-refractivity contribution < 1.29 is 18.7 Å². The fraction of sp³-hybridized carbons (Fsp3) is 0.217. The smallest absolute Gasteiger partial charge is 0.205 e. The van der Waals surface area contributed by atoms with Crippen LogP contribution in [0.5, 0.6) is 5.75 Å². The van der Waals surface area contributed by atoms with E-state index in [0.29, 0.717) is 47.5 Å². The molecule has 0 spiro atoms. The fourth-order valence-corrected chi connectivity index (χ4v) is 3.79. The molecule has 0 saturated carbocycles. The highest BCUT2D eigenvalue weighted by Gasteiger charge is 2.39. The number of benzene rings is 2. The minimum atomic E-state index is -0.659. The minimum absolute atomic E-state index is 0.00913. The maximum atomic E-state index is 14.0. The van der Waals surface area contributed by atoms with E-state index in [-0.39, 0.29) is 29.7 Å². The monoisotopic (exact) mass is 390 g/mol. The SMILES string of the molecule is N#CC1=C(N)OC2=C(C(=O)CCC2)[C@@H]1c1ccccc1OCc1ccccc1F. The van der Waals surface area contributed by atoms with Crippen molar-refractivity contribution in [3.8, 4) is 11.8 Å². The summed E-state index contributed by atoms with van der Waals surface area (Å²) in [5, 5.41) is 9.71. The van der Waals surface area contributed by atoms with Crippen molar-refractivity contribution in [3.63, 3.8) is 0 Å². The lowest BCUT2D eigenvalue weighted by molar-refractivity contribution is -0.116. The molecule has 6 heteroatoms. The number of carbonyl (C=O) groups is 1. The molecule has 2 aliphatic rings. The summed E-state index contributed by atoms with van der Waals surface area (Å²) in [6.45, 7) is 0.0217. The van der Waals surface area contributed by atoms with Crippen LogP contribution in [0.3, 0.4) is 0 Å². The second-order valence-electron chi connectivity index (χ2n) is 6.96. The Hall–Kier alpha value is -3.59. The summed E-state index contributed by atoms with van der Waals surface area (Å²) in [5.41, 5.74) is 7.70. The van der Waals surface area contributed by atoms with Crippen molar-refractivity contribution in [2.24, 2.45) is 5.73 Å². The molecule has 0 unspecified atom stereocenters. The van der Waals surface area contributed by atoms with Crippen molar-refractivity contribution >= 4 is 5.78 Å². The Kier molecular flexibility index (Phi) is 5.05. The van der Waals surface area contributed by atoms with E-state index in [0.717, 1.165) is 0 Å². The third kappa shape index (κ3) is 3.47. The van der Waals surface area contributed by atoms with Crippen LogP contribution in [0.1, 0.15) is 36.3 Å². The molecule has 146 valence electrons. The quantitative estimate of drug-likeness (QED) is 0.845. The lowest BCUT2D eigenvalue weighted by Gasteiger charge is -2.31. The maximum absolute atomic E-state index is 14.0. The van der Waals surface area contributed by atoms with E-state index < -0.39 is 5.92 Å². The van der Waals surface area contributed by atoms with Gasteiger partial charge in [0.2, 0.25) is 5.88 Å². The number of hydrogen-bond donors (Lipinski definition) is 1. The third-order valence-electron chi connectivity index (χ3n) is 5.18. The van der Waals surface area contributed by atoms with Gasteiger partial charge in [-0.25, -0.2) is 4.39 Å². The van der Waals surface area contributed by atoms with Crippen LogP contribution in [0.15, 0.2) is 71.3 Å². The third-order valence-corrected chi connectivity index (χ3v) is 5.18. The van der Waals surface area contributed by atoms with Gasteiger partial charge < -0.3 is 15.2 Å². The average Bonchev–Trinajstić information content (AvgIpc) is 2.73. The van der Waals surface area contributed by atoms with E-state index in [2.05, 4.69) is 6.07 Å². The Bertz CT molecular complexity index is 1080. The molecule has 2 N–H and O–H groups in total. The number of ketones is 1. The molecule has 1 aliphatic heterocycles. The van der Waals surface area contributed by atoms with E-state index in [1.807, 2.05) is 0 Å². The average molecular weight is 390 g/mol. The number of carbonyl (C=O) groups excluding carboxylic acids is 1. The van der Waals surface area contributed by atoms with E-state index in [4.69, 9.17) is 15.2 Å². The molecule has 29 heavy (non-hydrogen) atoms. The number of rotatable bonds is 4. The standard InChI is InChI=1S/C23H19FN2O3/c24-17-8-3-1-6-14(17)13-28-19-10-4-2-7-15(19)21-16(12-25)23(26)29-20-11-5-9-18(27)22(20)21/h1-4,6-8,10,21H,5,9,11,13,26H2/t21-/m1/s1. The van der Waals surface area contributed by atoms with Crippen LogP contribution in [0.2, 0.25) is 0 Å². The molecule has 4 rings (SSSR count). The first-order valence-electron chi connectivity index (χ1n) is 9.39. The Morgan fingerprint density at radius 1 is 1.17 bits per heavy atom. The van der Waals surface area contributed by atoms with Gasteiger partial charge in [0.15, 0.2) is 5.78 Å². The van der Waals surface area contributed by atoms with E-state index in [1.54, 1.807) is 42.5 Å². The van der Waals surface area contributed by atoms with Crippen LogP contribution in [0.4, 0.5) is 4.39 Å². The first-order valence-corrected chi connectivity index (χ1v) is 9.39. The second kappa shape index (κ2) is 7.80. The maximum Gasteiger partial charge on any atom is 0.205 e. The zero-order valence-corrected chi connectivity index (χ0v) is 15.7. The zero-order valence-electron chi connectivity index (χ0n) is 15.7. The number of nitrogens with zero attached hydrogens (tertiary/aromatic N) is 1. The molecular formula is C23H19FN2O3. The van der Waals surface area contributed by atoms with Crippen LogP contribution in [-0.4, -0.2) is 5.78 Å². The number of para-hydroxylation sites is 1. The first kappa shape index (κ1) is 18.8. The van der Waals surface area contributed by atoms with Crippen LogP contribution < -0.4 is 10.5 Å². The highest BCUT2D eigenvalue weighted by atomic mass is 19.1. The number of halogens is 1. The number of Topliss-reactive ketones (excluding diaryl/α,β-unsaturated/α-hetero) is 1. The fourth-order valence-electron chi connectivity index (χ4n) is 3.79. The number of ether oxygens (including phenoxy) is 2. The molecule has 0 radical (unpaired) electrons. The van der Waals surface area contributed by atoms with Gasteiger partial charge in [-0.15, -0.1) is 0 Å². The van der Waals surface area contributed by atoms with Gasteiger partial charge in [-0.2, -0.15) is 5.26 Å². The zero-order chi connectivity index (χ0) is 20.4. The van der Waals surface area contributed by atoms with Gasteiger partial charge in [-0.3, -0.25) is 4.79 Å². The normalized spacial score (nSPS) is 18.8. The van der Waals surface area contributed by atoms with Crippen molar-refractivity contribution in [2.75, 3.05) is 0 Å². The predicted molar refractivity (Wildman–Crippen MR) is 104 cm³/mol. The van der Waals surface area contributed by atoms with Crippen LogP contribution in [-0.2, 0) is 16.1 Å². The molecule has 0 fully saturated rings. The Balaban J connectivity index is 1.76. The molecule has 1 heterocycles. The van der Waals surface area contributed by atoms with E-state index in [9.17, 15) is 14.4 Å². The van der Waals surface area contributed by atoms with Gasteiger partial charge in [0.1, 0.15) is 35.6 Å². The summed E-state index contributed by atoms with van der Waals surface area (Å²) in [4.78, 5) is 12.7. The van der Waals surface area contributed by atoms with Crippen molar-refractivity contribution in [3.05, 3.63) is 88.3 Å². The highest BCUT2D eigenvalue weighted by Crippen LogP contribution is 2.45. The summed E-state index contributed by atoms with van der Waals surface area (Å²) in [6, 6.07) is 15.6. The number of nitriles is 1. The Morgan fingerprint density at radius 3 is 2.72 bits per heavy atom. The Morgan fingerprint density at radius 2 is 1.93 bits per heavy atom. The minimum Gasteiger partial charge on any atom is -0.488 e. The van der Waals surface area contributed by atoms with Gasteiger partial charge in [-0.05, 0) is 18.6 Å². The van der Waals surface area contributed by atoms with Gasteiger partial charge >= 0.3 is 0 Å². The first-order chi connectivity index (χ1) is 14.1. The largest absolute Gasteiger partial charge is 0.488 e. The summed E-state index contributed by atoms with van der Waals surface area (Å²) in [6.07, 6.45) is 1.68. The second-order valence-corrected chi connectivity index (χ2v) is 6.96. The summed E-state index contributed by atoms with van der Waals surface area (Å²) >= 11 is 0. The molecule has 0 bridgehead atoms. The molecule has 5 nitrogen and oxygen atoms in total. The van der Waals surface area contributed by atoms with Crippen molar-refractivity contribution in [1.82, 2.24) is 0 Å². The van der Waals surface area contributed by atoms with Gasteiger partial charge in [0, 0.05) is 29.5 Å². The number of hydrogen-bond acceptors (Lipinski definition) is 5. The molecule has 0 saturated heterocycles. The topological polar surface area (TPSA) is 85.3 Å². The molecule has 1 atom stereocenters. The summed E-state index contributed by atoms with van der Waals surface area (Å²) in [7, 11) is 0. The van der Waals surface area contributed by atoms with Gasteiger partial charge in [0.05, 0.1) is 5.92 Å². The summed E-state index contributed by atoms with van der Waals surface area (Å²) in [5.74, 6) is -0.0749. The van der Waals surface area contributed by atoms with Crippen LogP contribution in [0.25, 0.3) is 0 Å². The molecule has 2 aromatic carbocycles. The highest BCUT2D eigenvalue weighted by molar-refractivity contribution is 5.99. The van der Waals surface area contributed by atoms with Crippen molar-refractivity contribution in [1.29, 1.82) is 5.26 Å². The van der Waals surface area contributed by atoms with Gasteiger partial charge in [0.25, 0.3) is 0 Å². The molecule has 0 amide bonds. The summed E-state index contributed by atoms with van der Waals surface area (Å²) < 4.78 is 25.5. The number of nitrogens with two attached hydrogens (primary N) is 1. The molecule has 0 aromatic heterocycles. The van der Waals surface area contributed by atoms with E-state index >= 15 is 0 Å². The van der Waals surface area contributed by atoms with E-state index in [1.165, 1.54) is 6.07 Å². The predicted octanol–water partition coefficient (Wildman–Crippen LogP) is 4.22. The lowest BCUT2D eigenvalue weighted by Crippen LogP contribution is -2.27. The van der Waals surface area contributed by atoms with Crippen molar-refractivity contribution in [2.45, 2.75) is 31.8 Å². The van der Waals surface area contributed by atoms with Crippen LogP contribution >= 0.6 is 0 Å². The Labute approximate surface area is 167 Å². The lowest BCUT2D eigenvalue weighted by atomic mass is 9.77. The molecule has 1 aliphatic carbocycles. The molecule has 2 aromatic rings. The van der Waals surface area contributed by atoms with Gasteiger partial charge in [-0.1, -0.05) is 36.4 Å². The molecular weight excluding hydrogens is 371 g/mol. The van der Waals surface area contributed by atoms with Crippen LogP contribution in [0, 0.1) is 17.1 Å².